The highest BCUT2D eigenvalue weighted by Gasteiger charge is 2.26. The van der Waals surface area contributed by atoms with Gasteiger partial charge in [-0.1, -0.05) is 48.5 Å². The van der Waals surface area contributed by atoms with Gasteiger partial charge in [0.15, 0.2) is 0 Å². The Labute approximate surface area is 107 Å². The Balaban J connectivity index is 2.01. The van der Waals surface area contributed by atoms with Crippen LogP contribution in [0.15, 0.2) is 48.5 Å². The second-order valence-corrected chi connectivity index (χ2v) is 4.82. The Bertz CT molecular complexity index is 526. The van der Waals surface area contributed by atoms with Gasteiger partial charge in [-0.25, -0.2) is 0 Å². The Morgan fingerprint density at radius 3 is 2.00 bits per heavy atom. The van der Waals surface area contributed by atoms with Crippen molar-refractivity contribution in [1.82, 2.24) is 0 Å². The molecule has 18 heavy (non-hydrogen) atoms. The zero-order valence-corrected chi connectivity index (χ0v) is 10.3. The van der Waals surface area contributed by atoms with Crippen LogP contribution in [0.3, 0.4) is 0 Å². The van der Waals surface area contributed by atoms with Crippen LogP contribution >= 0.6 is 0 Å². The lowest BCUT2D eigenvalue weighted by Crippen LogP contribution is -1.96. The zero-order chi connectivity index (χ0) is 12.4. The van der Waals surface area contributed by atoms with Crippen LogP contribution in [0.2, 0.25) is 0 Å². The number of aldehydes is 1. The van der Waals surface area contributed by atoms with Crippen LogP contribution in [-0.4, -0.2) is 6.29 Å². The predicted molar refractivity (Wildman–Crippen MR) is 73.6 cm³/mol. The molecular formula is C17H16O. The molecule has 1 nitrogen and oxygen atoms in total. The third-order valence-electron chi connectivity index (χ3n) is 3.78. The molecular weight excluding hydrogens is 220 g/mol. The summed E-state index contributed by atoms with van der Waals surface area (Å²) in [5, 5.41) is 0. The van der Waals surface area contributed by atoms with Gasteiger partial charge in [0.05, 0.1) is 0 Å². The van der Waals surface area contributed by atoms with E-state index in [-0.39, 0.29) is 0 Å². The van der Waals surface area contributed by atoms with E-state index in [0.717, 1.165) is 19.1 Å². The van der Waals surface area contributed by atoms with Gasteiger partial charge < -0.3 is 4.79 Å². The molecule has 0 spiro atoms. The smallest absolute Gasteiger partial charge is 0.119 e. The monoisotopic (exact) mass is 236 g/mol. The van der Waals surface area contributed by atoms with Gasteiger partial charge in [0.2, 0.25) is 0 Å². The molecule has 90 valence electrons. The van der Waals surface area contributed by atoms with Gasteiger partial charge in [-0.05, 0) is 35.1 Å². The number of rotatable bonds is 4. The van der Waals surface area contributed by atoms with Gasteiger partial charge in [0.25, 0.3) is 0 Å². The molecule has 0 fully saturated rings. The maximum Gasteiger partial charge on any atom is 0.119 e. The van der Waals surface area contributed by atoms with Crippen molar-refractivity contribution in [3.8, 4) is 11.1 Å². The lowest BCUT2D eigenvalue weighted by atomic mass is 9.92. The van der Waals surface area contributed by atoms with Gasteiger partial charge in [0, 0.05) is 12.3 Å². The largest absolute Gasteiger partial charge is 0.303 e. The summed E-state index contributed by atoms with van der Waals surface area (Å²) in [7, 11) is 0. The van der Waals surface area contributed by atoms with Crippen LogP contribution in [0.25, 0.3) is 11.1 Å². The van der Waals surface area contributed by atoms with Gasteiger partial charge in [-0.3, -0.25) is 0 Å². The molecule has 3 rings (SSSR count). The summed E-state index contributed by atoms with van der Waals surface area (Å²) in [5.41, 5.74) is 5.57. The third kappa shape index (κ3) is 1.76. The number of unbranched alkanes of at least 4 members (excludes halogenated alkanes) is 1. The zero-order valence-electron chi connectivity index (χ0n) is 10.3. The highest BCUT2D eigenvalue weighted by molar-refractivity contribution is 5.78. The number of carbonyl (C=O) groups excluding carboxylic acids is 1. The Morgan fingerprint density at radius 1 is 0.889 bits per heavy atom. The lowest BCUT2D eigenvalue weighted by molar-refractivity contribution is -0.107. The van der Waals surface area contributed by atoms with Crippen molar-refractivity contribution in [2.24, 2.45) is 0 Å². The fourth-order valence-electron chi connectivity index (χ4n) is 2.98. The summed E-state index contributed by atoms with van der Waals surface area (Å²) in [6.07, 6.45) is 3.72. The van der Waals surface area contributed by atoms with Crippen molar-refractivity contribution in [3.63, 3.8) is 0 Å². The second-order valence-electron chi connectivity index (χ2n) is 4.82. The Kier molecular flexibility index (Phi) is 2.97. The van der Waals surface area contributed by atoms with Crippen LogP contribution < -0.4 is 0 Å². The van der Waals surface area contributed by atoms with Crippen molar-refractivity contribution in [1.29, 1.82) is 0 Å². The first kappa shape index (κ1) is 11.2. The first-order valence-electron chi connectivity index (χ1n) is 6.53. The van der Waals surface area contributed by atoms with Crippen molar-refractivity contribution in [3.05, 3.63) is 59.7 Å². The molecule has 1 aliphatic carbocycles. The van der Waals surface area contributed by atoms with E-state index in [4.69, 9.17) is 0 Å². The van der Waals surface area contributed by atoms with Gasteiger partial charge in [0.1, 0.15) is 6.29 Å². The molecule has 0 N–H and O–H groups in total. The lowest BCUT2D eigenvalue weighted by Gasteiger charge is -2.12. The van der Waals surface area contributed by atoms with E-state index in [1.165, 1.54) is 22.3 Å². The Hall–Kier alpha value is -1.89. The number of benzene rings is 2. The minimum atomic E-state index is 0.470. The molecule has 0 bridgehead atoms. The maximum atomic E-state index is 10.5. The summed E-state index contributed by atoms with van der Waals surface area (Å²) in [6, 6.07) is 17.3. The molecule has 0 aliphatic heterocycles. The van der Waals surface area contributed by atoms with Crippen LogP contribution in [0.5, 0.6) is 0 Å². The van der Waals surface area contributed by atoms with Gasteiger partial charge in [-0.15, -0.1) is 0 Å². The topological polar surface area (TPSA) is 17.1 Å². The van der Waals surface area contributed by atoms with E-state index in [9.17, 15) is 4.79 Å². The number of carbonyl (C=O) groups is 1. The normalized spacial score (nSPS) is 13.1. The number of hydrogen-bond acceptors (Lipinski definition) is 1. The minimum absolute atomic E-state index is 0.470. The molecule has 0 amide bonds. The van der Waals surface area contributed by atoms with E-state index >= 15 is 0 Å². The molecule has 0 aromatic heterocycles. The number of hydrogen-bond donors (Lipinski definition) is 0. The van der Waals surface area contributed by atoms with Crippen LogP contribution in [0.1, 0.15) is 36.3 Å². The van der Waals surface area contributed by atoms with Crippen LogP contribution in [0, 0.1) is 0 Å². The summed E-state index contributed by atoms with van der Waals surface area (Å²) >= 11 is 0. The predicted octanol–water partition coefficient (Wildman–Crippen LogP) is 4.17. The molecule has 0 saturated carbocycles. The average Bonchev–Trinajstić information content (AvgIpc) is 2.74. The van der Waals surface area contributed by atoms with Crippen molar-refractivity contribution < 1.29 is 4.79 Å². The first-order valence-corrected chi connectivity index (χ1v) is 6.53. The quantitative estimate of drug-likeness (QED) is 0.575. The minimum Gasteiger partial charge on any atom is -0.303 e. The Morgan fingerprint density at radius 2 is 1.44 bits per heavy atom. The fourth-order valence-corrected chi connectivity index (χ4v) is 2.98. The molecule has 1 aliphatic rings. The SMILES string of the molecule is O=CCCCC1c2ccccc2-c2ccccc21. The molecule has 0 atom stereocenters. The fraction of sp³-hybridized carbons (Fsp3) is 0.235. The molecule has 2 aromatic rings. The molecule has 2 aromatic carbocycles. The summed E-state index contributed by atoms with van der Waals surface area (Å²) < 4.78 is 0. The molecule has 0 saturated heterocycles. The van der Waals surface area contributed by atoms with Crippen molar-refractivity contribution in [2.45, 2.75) is 25.2 Å². The van der Waals surface area contributed by atoms with Crippen LogP contribution in [-0.2, 0) is 4.79 Å². The molecule has 0 unspecified atom stereocenters. The third-order valence-corrected chi connectivity index (χ3v) is 3.78. The molecule has 1 heteroatoms. The van der Waals surface area contributed by atoms with E-state index in [2.05, 4.69) is 48.5 Å². The van der Waals surface area contributed by atoms with Gasteiger partial charge in [-0.2, -0.15) is 0 Å². The van der Waals surface area contributed by atoms with Crippen molar-refractivity contribution in [2.75, 3.05) is 0 Å². The number of fused-ring (bicyclic) bond motifs is 3. The van der Waals surface area contributed by atoms with Gasteiger partial charge >= 0.3 is 0 Å². The average molecular weight is 236 g/mol. The standard InChI is InChI=1S/C17H16O/c18-12-6-5-11-17-15-9-3-1-7-13(15)14-8-2-4-10-16(14)17/h1-4,7-10,12,17H,5-6,11H2. The summed E-state index contributed by atoms with van der Waals surface area (Å²) in [5.74, 6) is 0.470. The van der Waals surface area contributed by atoms with E-state index in [1.807, 2.05) is 0 Å². The van der Waals surface area contributed by atoms with Crippen LogP contribution in [0.4, 0.5) is 0 Å². The maximum absolute atomic E-state index is 10.5. The van der Waals surface area contributed by atoms with E-state index < -0.39 is 0 Å². The molecule has 0 heterocycles. The first-order chi connectivity index (χ1) is 8.92. The second kappa shape index (κ2) is 4.77. The highest BCUT2D eigenvalue weighted by atomic mass is 16.1. The molecule has 0 radical (unpaired) electrons. The summed E-state index contributed by atoms with van der Waals surface area (Å²) in [6.45, 7) is 0. The van der Waals surface area contributed by atoms with Crippen molar-refractivity contribution >= 4 is 6.29 Å². The van der Waals surface area contributed by atoms with E-state index in [1.54, 1.807) is 0 Å². The summed E-state index contributed by atoms with van der Waals surface area (Å²) in [4.78, 5) is 10.5. The van der Waals surface area contributed by atoms with E-state index in [0.29, 0.717) is 12.3 Å². The highest BCUT2D eigenvalue weighted by Crippen LogP contribution is 2.46.